The van der Waals surface area contributed by atoms with Gasteiger partial charge in [0, 0.05) is 19.8 Å². The molecule has 1 atom stereocenters. The number of rotatable bonds is 7. The predicted octanol–water partition coefficient (Wildman–Crippen LogP) is 2.35. The van der Waals surface area contributed by atoms with Crippen LogP contribution in [0.1, 0.15) is 46.5 Å². The Bertz CT molecular complexity index is 181. The monoisotopic (exact) mass is 229 g/mol. The summed E-state index contributed by atoms with van der Waals surface area (Å²) in [4.78, 5) is 0. The summed E-state index contributed by atoms with van der Waals surface area (Å²) in [5, 5.41) is 3.46. The van der Waals surface area contributed by atoms with E-state index in [0.717, 1.165) is 45.6 Å². The van der Waals surface area contributed by atoms with Crippen LogP contribution in [0, 0.1) is 0 Å². The highest BCUT2D eigenvalue weighted by molar-refractivity contribution is 4.79. The molecule has 1 N–H and O–H groups in total. The van der Waals surface area contributed by atoms with Crippen molar-refractivity contribution in [2.75, 3.05) is 26.3 Å². The molecular weight excluding hydrogens is 202 g/mol. The van der Waals surface area contributed by atoms with Crippen molar-refractivity contribution in [3.05, 3.63) is 0 Å². The van der Waals surface area contributed by atoms with E-state index in [-0.39, 0.29) is 5.60 Å². The second-order valence-electron chi connectivity index (χ2n) is 4.91. The maximum absolute atomic E-state index is 6.23. The molecule has 3 nitrogen and oxygen atoms in total. The summed E-state index contributed by atoms with van der Waals surface area (Å²) in [6.45, 7) is 10.3. The first-order valence-corrected chi connectivity index (χ1v) is 6.66. The summed E-state index contributed by atoms with van der Waals surface area (Å²) < 4.78 is 11.6. The summed E-state index contributed by atoms with van der Waals surface area (Å²) >= 11 is 0. The van der Waals surface area contributed by atoms with E-state index in [1.165, 1.54) is 6.42 Å². The van der Waals surface area contributed by atoms with Crippen LogP contribution in [0.3, 0.4) is 0 Å². The Morgan fingerprint density at radius 1 is 1.31 bits per heavy atom. The van der Waals surface area contributed by atoms with E-state index >= 15 is 0 Å². The Balaban J connectivity index is 2.32. The van der Waals surface area contributed by atoms with Gasteiger partial charge in [-0.3, -0.25) is 0 Å². The molecule has 1 fully saturated rings. The Hall–Kier alpha value is -0.120. The van der Waals surface area contributed by atoms with Gasteiger partial charge in [-0.25, -0.2) is 0 Å². The smallest absolute Gasteiger partial charge is 0.0779 e. The zero-order valence-electron chi connectivity index (χ0n) is 11.1. The number of hydrogen-bond donors (Lipinski definition) is 1. The van der Waals surface area contributed by atoms with E-state index in [2.05, 4.69) is 26.1 Å². The number of nitrogens with one attached hydrogen (secondary N) is 1. The predicted molar refractivity (Wildman–Crippen MR) is 66.8 cm³/mol. The Morgan fingerprint density at radius 3 is 2.56 bits per heavy atom. The molecule has 0 aromatic rings. The van der Waals surface area contributed by atoms with Crippen molar-refractivity contribution in [3.63, 3.8) is 0 Å². The molecule has 0 saturated carbocycles. The molecular formula is C13H27NO2. The van der Waals surface area contributed by atoms with Crippen LogP contribution in [-0.4, -0.2) is 38.0 Å². The normalized spacial score (nSPS) is 21.9. The molecule has 1 aliphatic rings. The molecule has 0 amide bonds. The molecule has 1 unspecified atom stereocenters. The van der Waals surface area contributed by atoms with Gasteiger partial charge in [0.25, 0.3) is 0 Å². The molecule has 0 bridgehead atoms. The molecule has 0 aromatic carbocycles. The van der Waals surface area contributed by atoms with Gasteiger partial charge >= 0.3 is 0 Å². The molecule has 16 heavy (non-hydrogen) atoms. The van der Waals surface area contributed by atoms with E-state index in [1.807, 2.05) is 0 Å². The largest absolute Gasteiger partial charge is 0.381 e. The lowest BCUT2D eigenvalue weighted by Crippen LogP contribution is -2.44. The zero-order valence-corrected chi connectivity index (χ0v) is 11.1. The van der Waals surface area contributed by atoms with Crippen LogP contribution >= 0.6 is 0 Å². The van der Waals surface area contributed by atoms with E-state index in [4.69, 9.17) is 9.47 Å². The first kappa shape index (κ1) is 13.9. The Kier molecular flexibility index (Phi) is 6.32. The molecule has 1 rings (SSSR count). The fourth-order valence-corrected chi connectivity index (χ4v) is 1.98. The van der Waals surface area contributed by atoms with Crippen molar-refractivity contribution < 1.29 is 9.47 Å². The average molecular weight is 229 g/mol. The maximum atomic E-state index is 6.23. The van der Waals surface area contributed by atoms with Crippen molar-refractivity contribution >= 4 is 0 Å². The van der Waals surface area contributed by atoms with Crippen LogP contribution in [0.4, 0.5) is 0 Å². The van der Waals surface area contributed by atoms with Crippen molar-refractivity contribution in [3.8, 4) is 0 Å². The van der Waals surface area contributed by atoms with Gasteiger partial charge in [0.2, 0.25) is 0 Å². The molecule has 0 aliphatic carbocycles. The molecule has 1 aliphatic heterocycles. The summed E-state index contributed by atoms with van der Waals surface area (Å²) in [6.07, 6.45) is 4.72. The van der Waals surface area contributed by atoms with Crippen LogP contribution in [-0.2, 0) is 9.47 Å². The fraction of sp³-hybridized carbons (Fsp3) is 1.00. The van der Waals surface area contributed by atoms with E-state index in [0.29, 0.717) is 6.10 Å². The van der Waals surface area contributed by atoms with Gasteiger partial charge in [0.05, 0.1) is 11.7 Å². The van der Waals surface area contributed by atoms with Crippen molar-refractivity contribution in [1.29, 1.82) is 0 Å². The summed E-state index contributed by atoms with van der Waals surface area (Å²) in [7, 11) is 0. The Morgan fingerprint density at radius 2 is 2.00 bits per heavy atom. The lowest BCUT2D eigenvalue weighted by molar-refractivity contribution is -0.117. The summed E-state index contributed by atoms with van der Waals surface area (Å²) in [5.41, 5.74) is -0.0167. The van der Waals surface area contributed by atoms with E-state index in [1.54, 1.807) is 0 Å². The topological polar surface area (TPSA) is 30.5 Å². The molecule has 3 heteroatoms. The minimum Gasteiger partial charge on any atom is -0.381 e. The van der Waals surface area contributed by atoms with E-state index in [9.17, 15) is 0 Å². The highest BCUT2D eigenvalue weighted by Gasteiger charge is 2.27. The van der Waals surface area contributed by atoms with Gasteiger partial charge < -0.3 is 14.8 Å². The second-order valence-corrected chi connectivity index (χ2v) is 4.91. The van der Waals surface area contributed by atoms with Crippen LogP contribution in [0.2, 0.25) is 0 Å². The number of hydrogen-bond acceptors (Lipinski definition) is 3. The summed E-state index contributed by atoms with van der Waals surface area (Å²) in [6, 6.07) is 0. The van der Waals surface area contributed by atoms with Crippen LogP contribution in [0.15, 0.2) is 0 Å². The Labute approximate surface area is 99.9 Å². The fourth-order valence-electron chi connectivity index (χ4n) is 1.98. The van der Waals surface area contributed by atoms with Gasteiger partial charge in [-0.05, 0) is 39.2 Å². The lowest BCUT2D eigenvalue weighted by atomic mass is 10.0. The van der Waals surface area contributed by atoms with Gasteiger partial charge in [-0.15, -0.1) is 0 Å². The van der Waals surface area contributed by atoms with E-state index < -0.39 is 0 Å². The lowest BCUT2D eigenvalue weighted by Gasteiger charge is -2.35. The van der Waals surface area contributed by atoms with Gasteiger partial charge in [-0.1, -0.05) is 13.8 Å². The molecule has 1 heterocycles. The summed E-state index contributed by atoms with van der Waals surface area (Å²) in [5.74, 6) is 0. The SMILES string of the molecule is CCCNCC(C)(CC)OC1CCOCC1. The standard InChI is InChI=1S/C13H27NO2/c1-4-8-14-11-13(3,5-2)16-12-6-9-15-10-7-12/h12,14H,4-11H2,1-3H3. The minimum absolute atomic E-state index is 0.0167. The van der Waals surface area contributed by atoms with Gasteiger partial charge in [0.1, 0.15) is 0 Å². The van der Waals surface area contributed by atoms with Crippen LogP contribution < -0.4 is 5.32 Å². The van der Waals surface area contributed by atoms with Gasteiger partial charge in [-0.2, -0.15) is 0 Å². The third kappa shape index (κ3) is 4.81. The zero-order chi connectivity index (χ0) is 11.9. The third-order valence-corrected chi connectivity index (χ3v) is 3.29. The molecule has 0 spiro atoms. The first-order valence-electron chi connectivity index (χ1n) is 6.66. The van der Waals surface area contributed by atoms with Crippen molar-refractivity contribution in [2.45, 2.75) is 58.2 Å². The first-order chi connectivity index (χ1) is 7.70. The second kappa shape index (κ2) is 7.25. The maximum Gasteiger partial charge on any atom is 0.0779 e. The van der Waals surface area contributed by atoms with Crippen molar-refractivity contribution in [1.82, 2.24) is 5.32 Å². The molecule has 0 aromatic heterocycles. The molecule has 96 valence electrons. The van der Waals surface area contributed by atoms with Crippen molar-refractivity contribution in [2.24, 2.45) is 0 Å². The highest BCUT2D eigenvalue weighted by atomic mass is 16.5. The van der Waals surface area contributed by atoms with Gasteiger partial charge in [0.15, 0.2) is 0 Å². The van der Waals surface area contributed by atoms with Crippen LogP contribution in [0.25, 0.3) is 0 Å². The highest BCUT2D eigenvalue weighted by Crippen LogP contribution is 2.22. The molecule has 1 saturated heterocycles. The third-order valence-electron chi connectivity index (χ3n) is 3.29. The molecule has 0 radical (unpaired) electrons. The van der Waals surface area contributed by atoms with Crippen LogP contribution in [0.5, 0.6) is 0 Å². The quantitative estimate of drug-likeness (QED) is 0.680. The number of ether oxygens (including phenoxy) is 2. The minimum atomic E-state index is -0.0167. The average Bonchev–Trinajstić information content (AvgIpc) is 2.31.